The molecule has 49 heavy (non-hydrogen) atoms. The highest BCUT2D eigenvalue weighted by Gasteiger charge is 2.51. The third kappa shape index (κ3) is 7.12. The SMILES string of the molecule is Cn1nnnc1SC[C@@H]1C[C@H](c2ccc(CO)cc2)O[C@H](c2ccc(-c3ccccc3CNC(=O)NC34CC5CC(CC(C5)C3)C4)cc2)O1. The van der Waals surface area contributed by atoms with Crippen LogP contribution in [0.2, 0.25) is 0 Å². The number of nitrogens with one attached hydrogen (secondary N) is 2. The van der Waals surface area contributed by atoms with E-state index in [-0.39, 0.29) is 30.4 Å². The molecule has 0 radical (unpaired) electrons. The molecule has 4 saturated carbocycles. The maximum atomic E-state index is 13.2. The summed E-state index contributed by atoms with van der Waals surface area (Å²) in [6.07, 6.45) is 7.33. The Morgan fingerprint density at radius 3 is 2.29 bits per heavy atom. The molecule has 0 spiro atoms. The number of tetrazole rings is 1. The first-order valence-corrected chi connectivity index (χ1v) is 18.5. The summed E-state index contributed by atoms with van der Waals surface area (Å²) in [4.78, 5) is 13.2. The Morgan fingerprint density at radius 1 is 0.918 bits per heavy atom. The lowest BCUT2D eigenvalue weighted by molar-refractivity contribution is -0.245. The number of hydrogen-bond acceptors (Lipinski definition) is 8. The van der Waals surface area contributed by atoms with Gasteiger partial charge in [0.15, 0.2) is 6.29 Å². The average molecular weight is 681 g/mol. The van der Waals surface area contributed by atoms with Gasteiger partial charge in [-0.05, 0) is 94.5 Å². The zero-order valence-corrected chi connectivity index (χ0v) is 28.6. The number of carbonyl (C=O) groups is 1. The van der Waals surface area contributed by atoms with Crippen LogP contribution < -0.4 is 10.6 Å². The van der Waals surface area contributed by atoms with Crippen LogP contribution in [0.25, 0.3) is 11.1 Å². The number of rotatable bonds is 10. The first-order valence-electron chi connectivity index (χ1n) is 17.5. The number of aromatic nitrogens is 4. The molecule has 3 aromatic carbocycles. The van der Waals surface area contributed by atoms with Crippen LogP contribution in [0.15, 0.2) is 78.0 Å². The van der Waals surface area contributed by atoms with Crippen molar-refractivity contribution >= 4 is 17.8 Å². The van der Waals surface area contributed by atoms with Gasteiger partial charge in [0.05, 0.1) is 18.8 Å². The summed E-state index contributed by atoms with van der Waals surface area (Å²) in [5, 5.41) is 28.7. The molecule has 3 N–H and O–H groups in total. The maximum absolute atomic E-state index is 13.2. The average Bonchev–Trinajstić information content (AvgIpc) is 3.53. The van der Waals surface area contributed by atoms with E-state index in [1.165, 1.54) is 19.3 Å². The number of hydrogen-bond donors (Lipinski definition) is 3. The van der Waals surface area contributed by atoms with Crippen LogP contribution in [0.1, 0.15) is 79.6 Å². The third-order valence-electron chi connectivity index (χ3n) is 11.0. The first kappa shape index (κ1) is 32.4. The van der Waals surface area contributed by atoms with Crippen molar-refractivity contribution in [2.75, 3.05) is 5.75 Å². The normalized spacial score (nSPS) is 28.8. The van der Waals surface area contributed by atoms with Crippen LogP contribution in [0, 0.1) is 17.8 Å². The molecule has 0 unspecified atom stereocenters. The second-order valence-electron chi connectivity index (χ2n) is 14.5. The van der Waals surface area contributed by atoms with Gasteiger partial charge in [-0.2, -0.15) is 0 Å². The Labute approximate surface area is 291 Å². The summed E-state index contributed by atoms with van der Waals surface area (Å²) < 4.78 is 14.8. The smallest absolute Gasteiger partial charge is 0.315 e. The zero-order chi connectivity index (χ0) is 33.4. The van der Waals surface area contributed by atoms with E-state index in [9.17, 15) is 9.90 Å². The number of nitrogens with zero attached hydrogens (tertiary/aromatic N) is 4. The predicted molar refractivity (Wildman–Crippen MR) is 186 cm³/mol. The molecule has 4 aromatic rings. The lowest BCUT2D eigenvalue weighted by atomic mass is 9.53. The van der Waals surface area contributed by atoms with Crippen molar-refractivity contribution in [3.8, 4) is 11.1 Å². The largest absolute Gasteiger partial charge is 0.392 e. The standard InChI is InChI=1S/C38H44N6O4S/c1-44-37(41-42-43-44)49-23-32-17-34(29-8-6-24(22-45)7-9-29)48-35(47-32)30-12-10-28(11-13-30)33-5-3-2-4-31(33)21-39-36(46)40-38-18-25-14-26(19-38)16-27(15-25)20-38/h2-13,25-27,32,34-35,45H,14-23H2,1H3,(H2,39,40,46)/t25?,26?,27?,32-,34+,35+,38?/m0/s1. The van der Waals surface area contributed by atoms with Gasteiger partial charge in [0, 0.05) is 36.9 Å². The second-order valence-corrected chi connectivity index (χ2v) is 15.5. The fourth-order valence-corrected chi connectivity index (χ4v) is 9.90. The molecule has 10 nitrogen and oxygen atoms in total. The minimum atomic E-state index is -0.557. The van der Waals surface area contributed by atoms with Gasteiger partial charge in [0.25, 0.3) is 0 Å². The van der Waals surface area contributed by atoms with Crippen molar-refractivity contribution in [2.24, 2.45) is 24.8 Å². The van der Waals surface area contributed by atoms with Crippen LogP contribution in [-0.2, 0) is 29.7 Å². The van der Waals surface area contributed by atoms with Gasteiger partial charge >= 0.3 is 6.03 Å². The quantitative estimate of drug-likeness (QED) is 0.163. The van der Waals surface area contributed by atoms with Crippen LogP contribution in [0.5, 0.6) is 0 Å². The fraction of sp³-hybridized carbons (Fsp3) is 0.474. The van der Waals surface area contributed by atoms with E-state index in [0.717, 1.165) is 75.6 Å². The first-order chi connectivity index (χ1) is 23.9. The minimum Gasteiger partial charge on any atom is -0.392 e. The molecule has 2 heterocycles. The van der Waals surface area contributed by atoms with Gasteiger partial charge in [-0.3, -0.25) is 0 Å². The highest BCUT2D eigenvalue weighted by molar-refractivity contribution is 7.99. The van der Waals surface area contributed by atoms with E-state index in [1.807, 2.05) is 43.4 Å². The van der Waals surface area contributed by atoms with E-state index >= 15 is 0 Å². The lowest BCUT2D eigenvalue weighted by Crippen LogP contribution is -2.61. The van der Waals surface area contributed by atoms with E-state index in [1.54, 1.807) is 16.4 Å². The maximum Gasteiger partial charge on any atom is 0.315 e. The number of carbonyl (C=O) groups excluding carboxylic acids is 1. The summed E-state index contributed by atoms with van der Waals surface area (Å²) >= 11 is 1.56. The molecule has 1 saturated heterocycles. The zero-order valence-electron chi connectivity index (χ0n) is 27.8. The molecule has 1 aliphatic heterocycles. The van der Waals surface area contributed by atoms with Crippen molar-refractivity contribution < 1.29 is 19.4 Å². The highest BCUT2D eigenvalue weighted by atomic mass is 32.2. The number of aliphatic hydroxyl groups excluding tert-OH is 1. The fourth-order valence-electron chi connectivity index (χ4n) is 9.03. The van der Waals surface area contributed by atoms with Crippen molar-refractivity contribution in [3.63, 3.8) is 0 Å². The van der Waals surface area contributed by atoms with Crippen LogP contribution in [0.3, 0.4) is 0 Å². The highest BCUT2D eigenvalue weighted by Crippen LogP contribution is 2.55. The number of aryl methyl sites for hydroxylation is 1. The Hall–Kier alpha value is -3.77. The molecule has 5 fully saturated rings. The van der Waals surface area contributed by atoms with Crippen LogP contribution in [0.4, 0.5) is 4.79 Å². The molecule has 9 rings (SSSR count). The van der Waals surface area contributed by atoms with Crippen molar-refractivity contribution in [3.05, 3.63) is 95.1 Å². The van der Waals surface area contributed by atoms with Crippen molar-refractivity contribution in [1.82, 2.24) is 30.8 Å². The van der Waals surface area contributed by atoms with Gasteiger partial charge < -0.3 is 25.2 Å². The van der Waals surface area contributed by atoms with Gasteiger partial charge in [-0.25, -0.2) is 9.48 Å². The molecular weight excluding hydrogens is 637 g/mol. The molecule has 5 aliphatic rings. The summed E-state index contributed by atoms with van der Waals surface area (Å²) in [6, 6.07) is 24.5. The number of ether oxygens (including phenoxy) is 2. The number of aliphatic hydroxyl groups is 1. The number of urea groups is 1. The van der Waals surface area contributed by atoms with E-state index in [0.29, 0.717) is 18.7 Å². The Morgan fingerprint density at radius 2 is 1.61 bits per heavy atom. The molecule has 1 aromatic heterocycles. The number of amides is 2. The molecule has 3 atom stereocenters. The molecule has 4 aliphatic carbocycles. The Kier molecular flexibility index (Phi) is 9.17. The molecule has 4 bridgehead atoms. The summed E-state index contributed by atoms with van der Waals surface area (Å²) in [5.41, 5.74) is 6.06. The predicted octanol–water partition coefficient (Wildman–Crippen LogP) is 6.48. The molecule has 11 heteroatoms. The molecular formula is C38H44N6O4S. The van der Waals surface area contributed by atoms with Crippen LogP contribution >= 0.6 is 11.8 Å². The second kappa shape index (κ2) is 13.9. The third-order valence-corrected chi connectivity index (χ3v) is 12.1. The van der Waals surface area contributed by atoms with E-state index in [4.69, 9.17) is 9.47 Å². The molecule has 256 valence electrons. The van der Waals surface area contributed by atoms with E-state index in [2.05, 4.69) is 62.6 Å². The van der Waals surface area contributed by atoms with Gasteiger partial charge in [-0.1, -0.05) is 84.6 Å². The van der Waals surface area contributed by atoms with Crippen molar-refractivity contribution in [2.45, 2.75) is 87.3 Å². The summed E-state index contributed by atoms with van der Waals surface area (Å²) in [7, 11) is 1.83. The summed E-state index contributed by atoms with van der Waals surface area (Å²) in [6.45, 7) is 0.464. The number of benzene rings is 3. The molecule has 2 amide bonds. The lowest BCUT2D eigenvalue weighted by Gasteiger charge is -2.56. The monoisotopic (exact) mass is 680 g/mol. The Balaban J connectivity index is 0.949. The van der Waals surface area contributed by atoms with Crippen LogP contribution in [-0.4, -0.2) is 48.7 Å². The Bertz CT molecular complexity index is 1730. The van der Waals surface area contributed by atoms with Gasteiger partial charge in [0.1, 0.15) is 0 Å². The van der Waals surface area contributed by atoms with Crippen molar-refractivity contribution in [1.29, 1.82) is 0 Å². The van der Waals surface area contributed by atoms with E-state index < -0.39 is 6.29 Å². The topological polar surface area (TPSA) is 123 Å². The summed E-state index contributed by atoms with van der Waals surface area (Å²) in [5.74, 6) is 3.04. The number of thioether (sulfide) groups is 1. The van der Waals surface area contributed by atoms with Gasteiger partial charge in [-0.15, -0.1) is 5.10 Å². The van der Waals surface area contributed by atoms with Gasteiger partial charge in [0.2, 0.25) is 5.16 Å². The minimum absolute atomic E-state index is 0.00309.